The van der Waals surface area contributed by atoms with E-state index < -0.39 is 0 Å². The number of aromatic nitrogens is 1. The standard InChI is InChI=1S/C84H59B2N5/c1-84(2,3)57-48-77-81-78(49-57)89(60-32-12-6-13-33-60)75-53-76-71(52-70(75)85(81)68-39-20-22-41-73(68)87(77)58-28-8-4-9-29-58)86-69-40-21-23-42-74(69)88(59-30-10-5-11-31-59)79-50-62(51-80(82(79)86)90(76)61-34-14-7-15-35-61)91-72-46-44-56(64-38-24-27-54-25-16-18-36-63(54)64)47-67(72)66-45-43-55-26-17-19-37-65(55)83(66)91/h4-53H,1-3H3. The lowest BCUT2D eigenvalue weighted by Gasteiger charge is -2.47. The molecular formula is C84H59B2N5. The van der Waals surface area contributed by atoms with Crippen LogP contribution in [0.25, 0.3) is 60.2 Å². The molecular weight excluding hydrogens is 1100 g/mol. The maximum Gasteiger partial charge on any atom is 0.252 e. The van der Waals surface area contributed by atoms with Gasteiger partial charge in [0.05, 0.1) is 16.7 Å². The fourth-order valence-corrected chi connectivity index (χ4v) is 16.0. The summed E-state index contributed by atoms with van der Waals surface area (Å²) < 4.78 is 2.58. The first-order valence-electron chi connectivity index (χ1n) is 31.9. The molecule has 14 aromatic carbocycles. The fraction of sp³-hybridized carbons (Fsp3) is 0.0476. The lowest BCUT2D eigenvalue weighted by Crippen LogP contribution is -2.65. The van der Waals surface area contributed by atoms with Crippen LogP contribution < -0.4 is 52.4 Å². The third-order valence-corrected chi connectivity index (χ3v) is 20.0. The van der Waals surface area contributed by atoms with Crippen molar-refractivity contribution in [3.05, 3.63) is 309 Å². The second kappa shape index (κ2) is 19.6. The minimum absolute atomic E-state index is 0.0882. The summed E-state index contributed by atoms with van der Waals surface area (Å²) in [6.07, 6.45) is 0. The largest absolute Gasteiger partial charge is 0.311 e. The van der Waals surface area contributed by atoms with Gasteiger partial charge in [0, 0.05) is 84.4 Å². The van der Waals surface area contributed by atoms with Gasteiger partial charge < -0.3 is 24.2 Å². The number of para-hydroxylation sites is 6. The quantitative estimate of drug-likeness (QED) is 0.154. The van der Waals surface area contributed by atoms with Gasteiger partial charge in [0.15, 0.2) is 0 Å². The van der Waals surface area contributed by atoms with E-state index in [1.807, 2.05) is 0 Å². The maximum absolute atomic E-state index is 2.65. The van der Waals surface area contributed by atoms with Crippen molar-refractivity contribution in [2.24, 2.45) is 0 Å². The summed E-state index contributed by atoms with van der Waals surface area (Å²) in [6, 6.07) is 114. The Hall–Kier alpha value is -11.3. The van der Waals surface area contributed by atoms with Gasteiger partial charge >= 0.3 is 0 Å². The molecule has 0 N–H and O–H groups in total. The van der Waals surface area contributed by atoms with Crippen molar-refractivity contribution in [2.75, 3.05) is 19.6 Å². The molecule has 0 aliphatic carbocycles. The van der Waals surface area contributed by atoms with E-state index in [9.17, 15) is 0 Å². The van der Waals surface area contributed by atoms with E-state index in [1.54, 1.807) is 0 Å². The highest BCUT2D eigenvalue weighted by Crippen LogP contribution is 2.51. The van der Waals surface area contributed by atoms with E-state index in [4.69, 9.17) is 0 Å². The fourth-order valence-electron chi connectivity index (χ4n) is 16.0. The van der Waals surface area contributed by atoms with Crippen molar-refractivity contribution in [1.29, 1.82) is 0 Å². The normalized spacial score (nSPS) is 13.5. The van der Waals surface area contributed by atoms with Crippen LogP contribution >= 0.6 is 0 Å². The van der Waals surface area contributed by atoms with Gasteiger partial charge in [0.2, 0.25) is 0 Å². The molecule has 0 saturated heterocycles. The summed E-state index contributed by atoms with van der Waals surface area (Å²) in [5.41, 5.74) is 28.6. The van der Waals surface area contributed by atoms with Crippen LogP contribution in [0, 0.1) is 0 Å². The second-order valence-corrected chi connectivity index (χ2v) is 26.0. The molecule has 0 radical (unpaired) electrons. The van der Waals surface area contributed by atoms with Gasteiger partial charge in [-0.25, -0.2) is 0 Å². The number of rotatable bonds is 6. The van der Waals surface area contributed by atoms with E-state index >= 15 is 0 Å². The Kier molecular flexibility index (Phi) is 11.2. The van der Waals surface area contributed by atoms with E-state index in [1.165, 1.54) is 116 Å². The molecule has 7 heteroatoms. The van der Waals surface area contributed by atoms with Gasteiger partial charge in [0.1, 0.15) is 0 Å². The second-order valence-electron chi connectivity index (χ2n) is 26.0. The molecule has 5 nitrogen and oxygen atoms in total. The third kappa shape index (κ3) is 7.61. The average molecular weight is 1160 g/mol. The highest BCUT2D eigenvalue weighted by atomic mass is 15.2. The maximum atomic E-state index is 2.65. The Morgan fingerprint density at radius 3 is 1.24 bits per heavy atom. The predicted molar refractivity (Wildman–Crippen MR) is 388 cm³/mol. The zero-order valence-electron chi connectivity index (χ0n) is 50.8. The molecule has 0 atom stereocenters. The van der Waals surface area contributed by atoms with Crippen molar-refractivity contribution >= 4 is 158 Å². The van der Waals surface area contributed by atoms with Crippen LogP contribution in [0.2, 0.25) is 0 Å². The van der Waals surface area contributed by atoms with Gasteiger partial charge in [-0.05, 0) is 174 Å². The van der Waals surface area contributed by atoms with Crippen molar-refractivity contribution in [3.8, 4) is 16.8 Å². The number of hydrogen-bond acceptors (Lipinski definition) is 4. The van der Waals surface area contributed by atoms with Crippen molar-refractivity contribution in [1.82, 2.24) is 4.57 Å². The molecule has 0 saturated carbocycles. The van der Waals surface area contributed by atoms with Crippen LogP contribution in [0.3, 0.4) is 0 Å². The average Bonchev–Trinajstić information content (AvgIpc) is 0.738. The first-order valence-corrected chi connectivity index (χ1v) is 31.9. The Labute approximate surface area is 530 Å². The number of hydrogen-bond donors (Lipinski definition) is 0. The molecule has 19 rings (SSSR count). The summed E-state index contributed by atoms with van der Waals surface area (Å²) in [5, 5.41) is 7.34. The molecule has 0 amide bonds. The Morgan fingerprint density at radius 2 is 0.714 bits per heavy atom. The molecule has 0 bridgehead atoms. The zero-order valence-corrected chi connectivity index (χ0v) is 50.8. The summed E-state index contributed by atoms with van der Waals surface area (Å²) in [7, 11) is 0. The van der Waals surface area contributed by atoms with E-state index in [0.29, 0.717) is 0 Å². The van der Waals surface area contributed by atoms with Gasteiger partial charge in [-0.1, -0.05) is 221 Å². The molecule has 4 aliphatic rings. The molecule has 426 valence electrons. The first kappa shape index (κ1) is 51.7. The Bertz CT molecular complexity index is 5500. The number of benzene rings is 14. The molecule has 15 aromatic rings. The van der Waals surface area contributed by atoms with Crippen LogP contribution in [0.15, 0.2) is 303 Å². The van der Waals surface area contributed by atoms with Crippen molar-refractivity contribution in [3.63, 3.8) is 0 Å². The topological polar surface area (TPSA) is 17.9 Å². The van der Waals surface area contributed by atoms with Gasteiger partial charge in [-0.15, -0.1) is 0 Å². The van der Waals surface area contributed by atoms with E-state index in [2.05, 4.69) is 348 Å². The molecule has 1 aromatic heterocycles. The van der Waals surface area contributed by atoms with Gasteiger partial charge in [-0.3, -0.25) is 0 Å². The van der Waals surface area contributed by atoms with Crippen LogP contribution in [-0.2, 0) is 5.41 Å². The lowest BCUT2D eigenvalue weighted by molar-refractivity contribution is 0.590. The third-order valence-electron chi connectivity index (χ3n) is 20.0. The van der Waals surface area contributed by atoms with Gasteiger partial charge in [0.25, 0.3) is 13.4 Å². The van der Waals surface area contributed by atoms with Crippen LogP contribution in [0.4, 0.5) is 68.2 Å². The van der Waals surface area contributed by atoms with Crippen molar-refractivity contribution in [2.45, 2.75) is 26.2 Å². The summed E-state index contributed by atoms with van der Waals surface area (Å²) in [5.74, 6) is 0. The molecule has 0 fully saturated rings. The molecule has 0 unspecified atom stereocenters. The van der Waals surface area contributed by atoms with Crippen LogP contribution in [-0.4, -0.2) is 18.0 Å². The number of fused-ring (bicyclic) bond motifs is 14. The highest BCUT2D eigenvalue weighted by Gasteiger charge is 2.49. The Balaban J connectivity index is 0.933. The summed E-state index contributed by atoms with van der Waals surface area (Å²) >= 11 is 0. The molecule has 0 spiro atoms. The number of anilines is 12. The minimum atomic E-state index is -0.161. The summed E-state index contributed by atoms with van der Waals surface area (Å²) in [4.78, 5) is 10.3. The highest BCUT2D eigenvalue weighted by molar-refractivity contribution is 7.03. The monoisotopic (exact) mass is 1160 g/mol. The zero-order chi connectivity index (χ0) is 60.2. The number of nitrogens with zero attached hydrogens (tertiary/aromatic N) is 5. The van der Waals surface area contributed by atoms with E-state index in [0.717, 1.165) is 51.0 Å². The molecule has 91 heavy (non-hydrogen) atoms. The smallest absolute Gasteiger partial charge is 0.252 e. The molecule has 4 aliphatic heterocycles. The Morgan fingerprint density at radius 1 is 0.275 bits per heavy atom. The lowest BCUT2D eigenvalue weighted by atomic mass is 9.30. The predicted octanol–water partition coefficient (Wildman–Crippen LogP) is 18.2. The van der Waals surface area contributed by atoms with Crippen LogP contribution in [0.1, 0.15) is 26.3 Å². The SMILES string of the molecule is CC(C)(C)c1cc2c3c(c1)N(c1ccccc1)c1cc4c(cc1B3c1ccccc1N2c1ccccc1)B1c2ccccc2N(c2ccccc2)c2cc(-n3c5ccc(-c6cccc7ccccc67)cc5c5ccc6ccccc6c53)cc(c21)N4c1ccccc1. The van der Waals surface area contributed by atoms with E-state index in [-0.39, 0.29) is 18.8 Å². The van der Waals surface area contributed by atoms with Crippen LogP contribution in [0.5, 0.6) is 0 Å². The summed E-state index contributed by atoms with van der Waals surface area (Å²) in [6.45, 7) is 6.83. The van der Waals surface area contributed by atoms with Crippen molar-refractivity contribution < 1.29 is 0 Å². The minimum Gasteiger partial charge on any atom is -0.311 e. The first-order chi connectivity index (χ1) is 44.8. The van der Waals surface area contributed by atoms with Gasteiger partial charge in [-0.2, -0.15) is 0 Å². The molecule has 5 heterocycles.